The number of benzene rings is 1. The lowest BCUT2D eigenvalue weighted by molar-refractivity contribution is -0.140. The van der Waals surface area contributed by atoms with E-state index in [-0.39, 0.29) is 11.6 Å². The van der Waals surface area contributed by atoms with Gasteiger partial charge in [-0.3, -0.25) is 4.79 Å². The third-order valence-electron chi connectivity index (χ3n) is 3.14. The van der Waals surface area contributed by atoms with Crippen LogP contribution in [-0.2, 0) is 4.79 Å². The van der Waals surface area contributed by atoms with Crippen LogP contribution in [0, 0.1) is 5.92 Å². The van der Waals surface area contributed by atoms with Gasteiger partial charge in [0, 0.05) is 11.8 Å². The van der Waals surface area contributed by atoms with Crippen molar-refractivity contribution in [3.05, 3.63) is 48.3 Å². The number of aromatic nitrogens is 2. The van der Waals surface area contributed by atoms with Crippen LogP contribution < -0.4 is 5.32 Å². The highest BCUT2D eigenvalue weighted by atomic mass is 16.4. The molecule has 2 N–H and O–H groups in total. The van der Waals surface area contributed by atoms with Crippen molar-refractivity contribution in [3.8, 4) is 11.4 Å². The minimum atomic E-state index is -1.07. The monoisotopic (exact) mass is 299 g/mol. The molecule has 1 atom stereocenters. The molecule has 1 heterocycles. The Bertz CT molecular complexity index is 671. The largest absolute Gasteiger partial charge is 0.480 e. The zero-order valence-electron chi connectivity index (χ0n) is 12.4. The van der Waals surface area contributed by atoms with Crippen LogP contribution >= 0.6 is 0 Å². The molecule has 1 aromatic carbocycles. The first-order valence-corrected chi connectivity index (χ1v) is 6.91. The number of nitrogens with zero attached hydrogens (tertiary/aromatic N) is 2. The second-order valence-corrected chi connectivity index (χ2v) is 5.16. The SMILES string of the molecule is CC(C)[C@H](NC(=O)c1ccnc(-c2ccccc2)n1)C(=O)O. The summed E-state index contributed by atoms with van der Waals surface area (Å²) >= 11 is 0. The number of carboxylic acids is 1. The van der Waals surface area contributed by atoms with E-state index in [0.717, 1.165) is 5.56 Å². The molecule has 2 rings (SSSR count). The molecule has 1 aromatic heterocycles. The van der Waals surface area contributed by atoms with Gasteiger partial charge in [-0.2, -0.15) is 0 Å². The van der Waals surface area contributed by atoms with Gasteiger partial charge < -0.3 is 10.4 Å². The number of hydrogen-bond donors (Lipinski definition) is 2. The van der Waals surface area contributed by atoms with Crippen molar-refractivity contribution >= 4 is 11.9 Å². The van der Waals surface area contributed by atoms with Crippen LogP contribution in [0.4, 0.5) is 0 Å². The van der Waals surface area contributed by atoms with Crippen LogP contribution in [0.25, 0.3) is 11.4 Å². The number of carboxylic acid groups (broad SMARTS) is 1. The second-order valence-electron chi connectivity index (χ2n) is 5.16. The van der Waals surface area contributed by atoms with Crippen LogP contribution in [-0.4, -0.2) is 33.0 Å². The van der Waals surface area contributed by atoms with Gasteiger partial charge in [-0.15, -0.1) is 0 Å². The summed E-state index contributed by atoms with van der Waals surface area (Å²) in [5.41, 5.74) is 0.927. The molecule has 0 saturated heterocycles. The molecule has 0 radical (unpaired) electrons. The van der Waals surface area contributed by atoms with Crippen molar-refractivity contribution in [2.45, 2.75) is 19.9 Å². The van der Waals surface area contributed by atoms with Gasteiger partial charge in [0.1, 0.15) is 11.7 Å². The number of amides is 1. The number of carbonyl (C=O) groups excluding carboxylic acids is 1. The lowest BCUT2D eigenvalue weighted by Crippen LogP contribution is -2.44. The highest BCUT2D eigenvalue weighted by Gasteiger charge is 2.24. The Hall–Kier alpha value is -2.76. The van der Waals surface area contributed by atoms with Crippen LogP contribution in [0.1, 0.15) is 24.3 Å². The van der Waals surface area contributed by atoms with Gasteiger partial charge in [0.25, 0.3) is 5.91 Å². The van der Waals surface area contributed by atoms with E-state index in [1.807, 2.05) is 30.3 Å². The van der Waals surface area contributed by atoms with Crippen LogP contribution in [0.15, 0.2) is 42.6 Å². The molecule has 6 heteroatoms. The van der Waals surface area contributed by atoms with Crippen molar-refractivity contribution < 1.29 is 14.7 Å². The molecule has 0 aliphatic carbocycles. The zero-order valence-corrected chi connectivity index (χ0v) is 12.4. The summed E-state index contributed by atoms with van der Waals surface area (Å²) in [6.07, 6.45) is 1.48. The first-order chi connectivity index (χ1) is 10.5. The average molecular weight is 299 g/mol. The number of hydrogen-bond acceptors (Lipinski definition) is 4. The van der Waals surface area contributed by atoms with Gasteiger partial charge in [-0.05, 0) is 12.0 Å². The van der Waals surface area contributed by atoms with E-state index < -0.39 is 17.9 Å². The second kappa shape index (κ2) is 6.80. The molecule has 0 aliphatic heterocycles. The highest BCUT2D eigenvalue weighted by Crippen LogP contribution is 2.14. The zero-order chi connectivity index (χ0) is 16.1. The molecular formula is C16H17N3O3. The Morgan fingerprint density at radius 3 is 2.41 bits per heavy atom. The predicted octanol–water partition coefficient (Wildman–Crippen LogP) is 1.98. The smallest absolute Gasteiger partial charge is 0.326 e. The van der Waals surface area contributed by atoms with Crippen molar-refractivity contribution in [3.63, 3.8) is 0 Å². The van der Waals surface area contributed by atoms with Gasteiger partial charge in [0.15, 0.2) is 5.82 Å². The molecule has 0 bridgehead atoms. The summed E-state index contributed by atoms with van der Waals surface area (Å²) in [7, 11) is 0. The summed E-state index contributed by atoms with van der Waals surface area (Å²) in [6.45, 7) is 3.46. The number of rotatable bonds is 5. The molecule has 6 nitrogen and oxygen atoms in total. The third-order valence-corrected chi connectivity index (χ3v) is 3.14. The van der Waals surface area contributed by atoms with E-state index >= 15 is 0 Å². The maximum Gasteiger partial charge on any atom is 0.326 e. The molecule has 0 spiro atoms. The Labute approximate surface area is 128 Å². The number of aliphatic carboxylic acids is 1. The van der Waals surface area contributed by atoms with Crippen LogP contribution in [0.2, 0.25) is 0 Å². The fourth-order valence-corrected chi connectivity index (χ4v) is 1.94. The average Bonchev–Trinajstić information content (AvgIpc) is 2.52. The van der Waals surface area contributed by atoms with Crippen LogP contribution in [0.5, 0.6) is 0 Å². The Morgan fingerprint density at radius 2 is 1.82 bits per heavy atom. The molecule has 0 fully saturated rings. The van der Waals surface area contributed by atoms with E-state index in [1.165, 1.54) is 12.3 Å². The van der Waals surface area contributed by atoms with Crippen molar-refractivity contribution in [1.82, 2.24) is 15.3 Å². The molecular weight excluding hydrogens is 282 g/mol. The third kappa shape index (κ3) is 3.66. The Balaban J connectivity index is 2.22. The standard InChI is InChI=1S/C16H17N3O3/c1-10(2)13(16(21)22)19-15(20)12-8-9-17-14(18-12)11-6-4-3-5-7-11/h3-10,13H,1-2H3,(H,19,20)(H,21,22)/t13-/m0/s1. The Kier molecular flexibility index (Phi) is 4.83. The van der Waals surface area contributed by atoms with Gasteiger partial charge in [0.05, 0.1) is 0 Å². The fraction of sp³-hybridized carbons (Fsp3) is 0.250. The van der Waals surface area contributed by atoms with Crippen molar-refractivity contribution in [2.75, 3.05) is 0 Å². The number of nitrogens with one attached hydrogen (secondary N) is 1. The first kappa shape index (κ1) is 15.6. The summed E-state index contributed by atoms with van der Waals surface area (Å²) in [6, 6.07) is 9.76. The summed E-state index contributed by atoms with van der Waals surface area (Å²) in [5, 5.41) is 11.6. The molecule has 1 amide bonds. The van der Waals surface area contributed by atoms with Crippen molar-refractivity contribution in [2.24, 2.45) is 5.92 Å². The van der Waals surface area contributed by atoms with E-state index in [4.69, 9.17) is 5.11 Å². The number of carbonyl (C=O) groups is 2. The Morgan fingerprint density at radius 1 is 1.14 bits per heavy atom. The molecule has 114 valence electrons. The lowest BCUT2D eigenvalue weighted by atomic mass is 10.0. The van der Waals surface area contributed by atoms with Gasteiger partial charge >= 0.3 is 5.97 Å². The highest BCUT2D eigenvalue weighted by molar-refractivity contribution is 5.95. The summed E-state index contributed by atoms with van der Waals surface area (Å²) in [4.78, 5) is 31.7. The van der Waals surface area contributed by atoms with E-state index in [2.05, 4.69) is 15.3 Å². The van der Waals surface area contributed by atoms with Crippen molar-refractivity contribution in [1.29, 1.82) is 0 Å². The molecule has 0 unspecified atom stereocenters. The fourth-order valence-electron chi connectivity index (χ4n) is 1.94. The van der Waals surface area contributed by atoms with Gasteiger partial charge in [0.2, 0.25) is 0 Å². The van der Waals surface area contributed by atoms with Gasteiger partial charge in [-0.25, -0.2) is 14.8 Å². The minimum absolute atomic E-state index is 0.140. The van der Waals surface area contributed by atoms with E-state index in [0.29, 0.717) is 5.82 Å². The predicted molar refractivity (Wildman–Crippen MR) is 81.2 cm³/mol. The summed E-state index contributed by atoms with van der Waals surface area (Å²) < 4.78 is 0. The van der Waals surface area contributed by atoms with E-state index in [1.54, 1.807) is 13.8 Å². The van der Waals surface area contributed by atoms with E-state index in [9.17, 15) is 9.59 Å². The minimum Gasteiger partial charge on any atom is -0.480 e. The maximum atomic E-state index is 12.2. The molecule has 2 aromatic rings. The lowest BCUT2D eigenvalue weighted by Gasteiger charge is -2.17. The topological polar surface area (TPSA) is 92.2 Å². The van der Waals surface area contributed by atoms with Gasteiger partial charge in [-0.1, -0.05) is 44.2 Å². The first-order valence-electron chi connectivity index (χ1n) is 6.91. The summed E-state index contributed by atoms with van der Waals surface area (Å²) in [5.74, 6) is -1.40. The quantitative estimate of drug-likeness (QED) is 0.880. The molecule has 22 heavy (non-hydrogen) atoms. The van der Waals surface area contributed by atoms with Crippen LogP contribution in [0.3, 0.4) is 0 Å². The molecule has 0 aliphatic rings. The molecule has 0 saturated carbocycles. The normalized spacial score (nSPS) is 12.0. The maximum absolute atomic E-state index is 12.2.